The van der Waals surface area contributed by atoms with Gasteiger partial charge in [-0.3, -0.25) is 9.52 Å². The molecule has 0 aliphatic heterocycles. The highest BCUT2D eigenvalue weighted by Crippen LogP contribution is 2.24. The van der Waals surface area contributed by atoms with Gasteiger partial charge in [-0.2, -0.15) is 0 Å². The van der Waals surface area contributed by atoms with Gasteiger partial charge < -0.3 is 5.11 Å². The summed E-state index contributed by atoms with van der Waals surface area (Å²) in [5.74, 6) is -0.982. The van der Waals surface area contributed by atoms with Gasteiger partial charge in [-0.05, 0) is 36.2 Å². The molecule has 5 nitrogen and oxygen atoms in total. The maximum atomic E-state index is 12.2. The summed E-state index contributed by atoms with van der Waals surface area (Å²) in [6.45, 7) is 2.02. The van der Waals surface area contributed by atoms with Crippen molar-refractivity contribution < 1.29 is 18.3 Å². The van der Waals surface area contributed by atoms with Gasteiger partial charge in [-0.1, -0.05) is 19.1 Å². The molecule has 0 spiro atoms. The molecule has 0 amide bonds. The maximum Gasteiger partial charge on any atom is 0.308 e. The van der Waals surface area contributed by atoms with E-state index in [9.17, 15) is 13.2 Å². The number of nitrogens with one attached hydrogen (secondary N) is 1. The average Bonchev–Trinajstić information content (AvgIpc) is 2.88. The molecule has 2 N–H and O–H groups in total. The lowest BCUT2D eigenvalue weighted by Crippen LogP contribution is -2.11. The van der Waals surface area contributed by atoms with Crippen LogP contribution in [0.25, 0.3) is 0 Å². The first kappa shape index (κ1) is 15.5. The number of carboxylic acid groups (broad SMARTS) is 1. The molecule has 1 heterocycles. The Balaban J connectivity index is 2.17. The lowest BCUT2D eigenvalue weighted by atomic mass is 10.2. The Morgan fingerprint density at radius 1 is 1.19 bits per heavy atom. The van der Waals surface area contributed by atoms with Gasteiger partial charge in [0.2, 0.25) is 0 Å². The van der Waals surface area contributed by atoms with E-state index in [4.69, 9.17) is 5.11 Å². The summed E-state index contributed by atoms with van der Waals surface area (Å²) in [5, 5.41) is 8.71. The van der Waals surface area contributed by atoms with Gasteiger partial charge in [0.1, 0.15) is 4.21 Å². The minimum absolute atomic E-state index is 0.110. The Bertz CT molecular complexity index is 733. The summed E-state index contributed by atoms with van der Waals surface area (Å²) >= 11 is 0.964. The number of hydrogen-bond donors (Lipinski definition) is 2. The molecule has 0 bridgehead atoms. The minimum Gasteiger partial charge on any atom is -0.481 e. The van der Waals surface area contributed by atoms with Gasteiger partial charge in [0, 0.05) is 10.6 Å². The summed E-state index contributed by atoms with van der Waals surface area (Å²) < 4.78 is 27.0. The van der Waals surface area contributed by atoms with Crippen LogP contribution in [0.3, 0.4) is 0 Å². The molecule has 0 aliphatic rings. The van der Waals surface area contributed by atoms with Crippen LogP contribution < -0.4 is 4.72 Å². The predicted octanol–water partition coefficient (Wildman–Crippen LogP) is 2.74. The molecule has 0 saturated heterocycles. The van der Waals surface area contributed by atoms with Crippen molar-refractivity contribution in [2.24, 2.45) is 0 Å². The first-order chi connectivity index (χ1) is 9.90. The summed E-state index contributed by atoms with van der Waals surface area (Å²) in [6, 6.07) is 10.1. The largest absolute Gasteiger partial charge is 0.481 e. The molecule has 2 aromatic rings. The zero-order valence-corrected chi connectivity index (χ0v) is 13.0. The molecule has 0 fully saturated rings. The first-order valence-corrected chi connectivity index (χ1v) is 8.63. The Labute approximate surface area is 127 Å². The highest BCUT2D eigenvalue weighted by atomic mass is 32.2. The number of carboxylic acids is 1. The molecule has 0 radical (unpaired) electrons. The van der Waals surface area contributed by atoms with E-state index in [2.05, 4.69) is 4.72 Å². The van der Waals surface area contributed by atoms with Crippen LogP contribution >= 0.6 is 11.3 Å². The number of aliphatic carboxylic acids is 1. The Hall–Kier alpha value is -1.86. The van der Waals surface area contributed by atoms with Crippen LogP contribution in [0.5, 0.6) is 0 Å². The van der Waals surface area contributed by atoms with Gasteiger partial charge in [0.15, 0.2) is 0 Å². The highest BCUT2D eigenvalue weighted by molar-refractivity contribution is 7.94. The SMILES string of the molecule is CCc1ccc(NS(=O)(=O)c2ccc(CC(=O)O)s2)cc1. The molecule has 1 aromatic carbocycles. The summed E-state index contributed by atoms with van der Waals surface area (Å²) in [7, 11) is -3.67. The van der Waals surface area contributed by atoms with Crippen LogP contribution in [0.2, 0.25) is 0 Å². The standard InChI is InChI=1S/C14H15NO4S2/c1-2-10-3-5-11(6-4-10)15-21(18,19)14-8-7-12(20-14)9-13(16)17/h3-8,15H,2,9H2,1H3,(H,16,17). The van der Waals surface area contributed by atoms with Gasteiger partial charge in [0.25, 0.3) is 10.0 Å². The van der Waals surface area contributed by atoms with Crippen molar-refractivity contribution >= 4 is 33.0 Å². The summed E-state index contributed by atoms with van der Waals surface area (Å²) in [6.07, 6.45) is 0.710. The van der Waals surface area contributed by atoms with E-state index in [1.54, 1.807) is 12.1 Å². The number of thiophene rings is 1. The number of sulfonamides is 1. The second kappa shape index (κ2) is 6.28. The third kappa shape index (κ3) is 4.05. The number of hydrogen-bond acceptors (Lipinski definition) is 4. The minimum atomic E-state index is -3.67. The molecule has 112 valence electrons. The van der Waals surface area contributed by atoms with Crippen LogP contribution in [-0.4, -0.2) is 19.5 Å². The van der Waals surface area contributed by atoms with Crippen LogP contribution in [0.15, 0.2) is 40.6 Å². The molecule has 0 atom stereocenters. The molecule has 0 unspecified atom stereocenters. The van der Waals surface area contributed by atoms with E-state index in [0.717, 1.165) is 23.3 Å². The fraction of sp³-hybridized carbons (Fsp3) is 0.214. The number of benzene rings is 1. The van der Waals surface area contributed by atoms with Gasteiger partial charge in [-0.25, -0.2) is 8.42 Å². The monoisotopic (exact) mass is 325 g/mol. The van der Waals surface area contributed by atoms with E-state index in [-0.39, 0.29) is 10.6 Å². The zero-order chi connectivity index (χ0) is 15.5. The number of rotatable bonds is 6. The van der Waals surface area contributed by atoms with E-state index in [0.29, 0.717) is 10.6 Å². The Morgan fingerprint density at radius 3 is 2.43 bits per heavy atom. The van der Waals surface area contributed by atoms with Crippen molar-refractivity contribution in [2.75, 3.05) is 4.72 Å². The third-order valence-electron chi connectivity index (χ3n) is 2.84. The Morgan fingerprint density at radius 2 is 1.86 bits per heavy atom. The van der Waals surface area contributed by atoms with Crippen molar-refractivity contribution in [1.29, 1.82) is 0 Å². The lowest BCUT2D eigenvalue weighted by Gasteiger charge is -2.06. The normalized spacial score (nSPS) is 11.3. The van der Waals surface area contributed by atoms with Crippen molar-refractivity contribution in [3.05, 3.63) is 46.8 Å². The van der Waals surface area contributed by atoms with E-state index in [1.807, 2.05) is 19.1 Å². The molecule has 21 heavy (non-hydrogen) atoms. The van der Waals surface area contributed by atoms with E-state index < -0.39 is 16.0 Å². The molecule has 1 aromatic heterocycles. The maximum absolute atomic E-state index is 12.2. The average molecular weight is 325 g/mol. The summed E-state index contributed by atoms with van der Waals surface area (Å²) in [4.78, 5) is 11.1. The first-order valence-electron chi connectivity index (χ1n) is 6.33. The second-order valence-corrected chi connectivity index (χ2v) is 7.52. The molecule has 0 saturated carbocycles. The number of aryl methyl sites for hydroxylation is 1. The lowest BCUT2D eigenvalue weighted by molar-refractivity contribution is -0.136. The molecule has 2 rings (SSSR count). The molecule has 0 aliphatic carbocycles. The van der Waals surface area contributed by atoms with Crippen LogP contribution in [0, 0.1) is 0 Å². The molecule has 7 heteroatoms. The molecular formula is C14H15NO4S2. The van der Waals surface area contributed by atoms with Crippen LogP contribution in [0.4, 0.5) is 5.69 Å². The number of carbonyl (C=O) groups is 1. The predicted molar refractivity (Wildman–Crippen MR) is 82.3 cm³/mol. The van der Waals surface area contributed by atoms with Crippen molar-refractivity contribution in [1.82, 2.24) is 0 Å². The van der Waals surface area contributed by atoms with E-state index in [1.165, 1.54) is 12.1 Å². The fourth-order valence-electron chi connectivity index (χ4n) is 1.76. The van der Waals surface area contributed by atoms with Crippen molar-refractivity contribution in [3.63, 3.8) is 0 Å². The second-order valence-electron chi connectivity index (χ2n) is 4.45. The summed E-state index contributed by atoms with van der Waals surface area (Å²) in [5.41, 5.74) is 1.61. The van der Waals surface area contributed by atoms with Crippen molar-refractivity contribution in [3.8, 4) is 0 Å². The third-order valence-corrected chi connectivity index (χ3v) is 5.80. The highest BCUT2D eigenvalue weighted by Gasteiger charge is 2.17. The van der Waals surface area contributed by atoms with Gasteiger partial charge in [-0.15, -0.1) is 11.3 Å². The zero-order valence-electron chi connectivity index (χ0n) is 11.4. The van der Waals surface area contributed by atoms with Gasteiger partial charge >= 0.3 is 5.97 Å². The van der Waals surface area contributed by atoms with Gasteiger partial charge in [0.05, 0.1) is 6.42 Å². The fourth-order valence-corrected chi connectivity index (χ4v) is 4.17. The van der Waals surface area contributed by atoms with Crippen molar-refractivity contribution in [2.45, 2.75) is 24.0 Å². The smallest absolute Gasteiger partial charge is 0.308 e. The number of anilines is 1. The topological polar surface area (TPSA) is 83.5 Å². The Kier molecular flexibility index (Phi) is 4.64. The quantitative estimate of drug-likeness (QED) is 0.855. The van der Waals surface area contributed by atoms with Crippen LogP contribution in [0.1, 0.15) is 17.4 Å². The molecular weight excluding hydrogens is 310 g/mol. The van der Waals surface area contributed by atoms with E-state index >= 15 is 0 Å². The van der Waals surface area contributed by atoms with Crippen LogP contribution in [-0.2, 0) is 27.7 Å².